The molecule has 1 aliphatic carbocycles. The Morgan fingerprint density at radius 3 is 2.37 bits per heavy atom. The molecule has 1 aromatic heterocycles. The molecule has 1 aliphatic rings. The number of hydrogen-bond acceptors (Lipinski definition) is 6. The van der Waals surface area contributed by atoms with E-state index in [1.165, 1.54) is 12.4 Å². The zero-order chi connectivity index (χ0) is 19.5. The van der Waals surface area contributed by atoms with Crippen LogP contribution in [0.3, 0.4) is 0 Å². The molecule has 0 unspecified atom stereocenters. The second-order valence-electron chi connectivity index (χ2n) is 5.96. The molecule has 142 valence electrons. The van der Waals surface area contributed by atoms with Crippen LogP contribution in [0.4, 0.5) is 19.1 Å². The molecule has 2 aromatic rings. The Balaban J connectivity index is 1.72. The van der Waals surface area contributed by atoms with Crippen LogP contribution in [0.15, 0.2) is 46.9 Å². The molecule has 0 atom stereocenters. The smallest absolute Gasteiger partial charge is 0.422 e. The molecule has 0 bridgehead atoms. The summed E-state index contributed by atoms with van der Waals surface area (Å²) in [6.45, 7) is 1.62. The number of aromatic nitrogens is 2. The highest BCUT2D eigenvalue weighted by Crippen LogP contribution is 2.47. The van der Waals surface area contributed by atoms with Crippen LogP contribution >= 0.6 is 11.6 Å². The molecule has 27 heavy (non-hydrogen) atoms. The van der Waals surface area contributed by atoms with Crippen molar-refractivity contribution in [2.75, 3.05) is 11.9 Å². The second kappa shape index (κ2) is 7.51. The molecule has 10 heteroatoms. The molecule has 6 nitrogen and oxygen atoms in total. The maximum absolute atomic E-state index is 12.3. The summed E-state index contributed by atoms with van der Waals surface area (Å²) in [4.78, 5) is 8.28. The average molecular weight is 398 g/mol. The lowest BCUT2D eigenvalue weighted by Gasteiger charge is -2.18. The van der Waals surface area contributed by atoms with Gasteiger partial charge in [0, 0.05) is 24.1 Å². The molecule has 0 amide bonds. The number of alkyl halides is 3. The van der Waals surface area contributed by atoms with Gasteiger partial charge in [-0.2, -0.15) is 18.3 Å². The van der Waals surface area contributed by atoms with E-state index < -0.39 is 12.8 Å². The molecule has 1 heterocycles. The van der Waals surface area contributed by atoms with E-state index in [9.17, 15) is 13.2 Å². The lowest BCUT2D eigenvalue weighted by atomic mass is 10.1. The Morgan fingerprint density at radius 2 is 1.85 bits per heavy atom. The van der Waals surface area contributed by atoms with E-state index in [-0.39, 0.29) is 17.0 Å². The highest BCUT2D eigenvalue weighted by molar-refractivity contribution is 6.30. The zero-order valence-electron chi connectivity index (χ0n) is 14.0. The zero-order valence-corrected chi connectivity index (χ0v) is 14.8. The van der Waals surface area contributed by atoms with Crippen molar-refractivity contribution < 1.29 is 17.9 Å². The van der Waals surface area contributed by atoms with Gasteiger partial charge in [-0.25, -0.2) is 9.97 Å². The predicted molar refractivity (Wildman–Crippen MR) is 96.1 cm³/mol. The van der Waals surface area contributed by atoms with Crippen molar-refractivity contribution in [1.82, 2.24) is 9.97 Å². The van der Waals surface area contributed by atoms with Crippen LogP contribution in [0.1, 0.15) is 24.0 Å². The Labute approximate surface area is 158 Å². The molecule has 1 fully saturated rings. The normalized spacial score (nSPS) is 15.9. The minimum Gasteiger partial charge on any atom is -0.466 e. The van der Waals surface area contributed by atoms with E-state index in [1.807, 2.05) is 24.3 Å². The van der Waals surface area contributed by atoms with Gasteiger partial charge >= 0.3 is 6.18 Å². The van der Waals surface area contributed by atoms with E-state index in [0.29, 0.717) is 11.0 Å². The Morgan fingerprint density at radius 1 is 1.22 bits per heavy atom. The lowest BCUT2D eigenvalue weighted by molar-refractivity contribution is -0.156. The molecular weight excluding hydrogens is 383 g/mol. The summed E-state index contributed by atoms with van der Waals surface area (Å²) < 4.78 is 41.7. The fourth-order valence-electron chi connectivity index (χ4n) is 2.48. The van der Waals surface area contributed by atoms with Crippen LogP contribution in [0, 0.1) is 0 Å². The Kier molecular flexibility index (Phi) is 5.31. The van der Waals surface area contributed by atoms with Crippen molar-refractivity contribution in [2.24, 2.45) is 10.2 Å². The van der Waals surface area contributed by atoms with E-state index in [1.54, 1.807) is 0 Å². The first-order valence-corrected chi connectivity index (χ1v) is 8.29. The van der Waals surface area contributed by atoms with E-state index in [4.69, 9.17) is 11.6 Å². The minimum absolute atomic E-state index is 0.161. The third-order valence-corrected chi connectivity index (χ3v) is 4.18. The molecule has 0 spiro atoms. The van der Waals surface area contributed by atoms with Crippen molar-refractivity contribution in [3.05, 3.63) is 52.8 Å². The molecule has 3 rings (SSSR count). The summed E-state index contributed by atoms with van der Waals surface area (Å²) in [7, 11) is 0. The van der Waals surface area contributed by atoms with Gasteiger partial charge in [-0.3, -0.25) is 0 Å². The minimum atomic E-state index is -4.50. The Bertz CT molecular complexity index is 833. The van der Waals surface area contributed by atoms with Crippen molar-refractivity contribution in [3.63, 3.8) is 0 Å². The Hall–Kier alpha value is -2.68. The number of halogens is 4. The van der Waals surface area contributed by atoms with Gasteiger partial charge in [-0.15, -0.1) is 5.10 Å². The van der Waals surface area contributed by atoms with Gasteiger partial charge in [0.1, 0.15) is 0 Å². The summed E-state index contributed by atoms with van der Waals surface area (Å²) in [5.74, 6) is -0.0133. The number of anilines is 1. The van der Waals surface area contributed by atoms with Crippen molar-refractivity contribution in [3.8, 4) is 0 Å². The van der Waals surface area contributed by atoms with Crippen molar-refractivity contribution in [1.29, 1.82) is 0 Å². The van der Waals surface area contributed by atoms with Gasteiger partial charge in [0.15, 0.2) is 6.61 Å². The molecule has 0 radical (unpaired) electrons. The number of nitrogens with one attached hydrogen (secondary N) is 1. The van der Waals surface area contributed by atoms with E-state index in [2.05, 4.69) is 36.9 Å². The van der Waals surface area contributed by atoms with Crippen LogP contribution in [-0.4, -0.2) is 35.4 Å². The summed E-state index contributed by atoms with van der Waals surface area (Å²) in [5.41, 5.74) is 0.957. The fourth-order valence-corrected chi connectivity index (χ4v) is 2.61. The third-order valence-electron chi connectivity index (χ3n) is 3.93. The molecule has 1 N–H and O–H groups in total. The molecule has 0 saturated heterocycles. The summed E-state index contributed by atoms with van der Waals surface area (Å²) >= 11 is 5.92. The van der Waals surface area contributed by atoms with Crippen molar-refractivity contribution in [2.45, 2.75) is 24.6 Å². The monoisotopic (exact) mass is 397 g/mol. The molecule has 1 aromatic carbocycles. The van der Waals surface area contributed by atoms with E-state index >= 15 is 0 Å². The van der Waals surface area contributed by atoms with Gasteiger partial charge < -0.3 is 10.1 Å². The first-order valence-electron chi connectivity index (χ1n) is 7.91. The number of nitrogens with zero attached hydrogens (tertiary/aromatic N) is 4. The molecular formula is C17H15ClF3N5O. The number of ether oxygens (including phenoxy) is 1. The SMILES string of the molecule is C=N/N=C(\OCC(F)(F)F)c1cnc(NC2(c3ccc(Cl)cc3)CC2)nc1. The summed E-state index contributed by atoms with van der Waals surface area (Å²) in [6.07, 6.45) is -0.0639. The van der Waals surface area contributed by atoms with Crippen molar-refractivity contribution >= 4 is 30.2 Å². The van der Waals surface area contributed by atoms with Gasteiger partial charge in [0.2, 0.25) is 11.8 Å². The first kappa shape index (κ1) is 19.1. The summed E-state index contributed by atoms with van der Waals surface area (Å²) in [6, 6.07) is 7.49. The van der Waals surface area contributed by atoms with Gasteiger partial charge in [0.05, 0.1) is 11.1 Å². The van der Waals surface area contributed by atoms with Crippen LogP contribution in [-0.2, 0) is 10.3 Å². The standard InChI is InChI=1S/C17H15ClF3N5O/c1-22-26-14(27-10-17(19,20)21)11-8-23-15(24-9-11)25-16(6-7-16)12-2-4-13(18)5-3-12/h2-5,8-9H,1,6-7,10H2,(H,23,24,25)/b26-14-. The maximum atomic E-state index is 12.3. The van der Waals surface area contributed by atoms with Crippen LogP contribution in [0.25, 0.3) is 0 Å². The maximum Gasteiger partial charge on any atom is 0.422 e. The fraction of sp³-hybridized carbons (Fsp3) is 0.294. The highest BCUT2D eigenvalue weighted by atomic mass is 35.5. The van der Waals surface area contributed by atoms with Gasteiger partial charge in [-0.1, -0.05) is 23.7 Å². The van der Waals surface area contributed by atoms with E-state index in [0.717, 1.165) is 18.4 Å². The number of hydrogen-bond donors (Lipinski definition) is 1. The predicted octanol–water partition coefficient (Wildman–Crippen LogP) is 4.17. The third kappa shape index (κ3) is 4.94. The second-order valence-corrected chi connectivity index (χ2v) is 6.40. The van der Waals surface area contributed by atoms with Gasteiger partial charge in [0.25, 0.3) is 0 Å². The molecule has 1 saturated carbocycles. The average Bonchev–Trinajstić information content (AvgIpc) is 3.40. The topological polar surface area (TPSA) is 71.8 Å². The van der Waals surface area contributed by atoms with Crippen LogP contribution < -0.4 is 5.32 Å². The number of rotatable bonds is 6. The molecule has 0 aliphatic heterocycles. The highest BCUT2D eigenvalue weighted by Gasteiger charge is 2.45. The summed E-state index contributed by atoms with van der Waals surface area (Å²) in [5, 5.41) is 10.6. The number of benzene rings is 1. The first-order chi connectivity index (χ1) is 12.8. The van der Waals surface area contributed by atoms with Gasteiger partial charge in [-0.05, 0) is 30.5 Å². The van der Waals surface area contributed by atoms with Crippen LogP contribution in [0.5, 0.6) is 0 Å². The quantitative estimate of drug-likeness (QED) is 0.451. The van der Waals surface area contributed by atoms with Crippen LogP contribution in [0.2, 0.25) is 5.02 Å². The lowest BCUT2D eigenvalue weighted by Crippen LogP contribution is -2.22. The largest absolute Gasteiger partial charge is 0.466 e.